The van der Waals surface area contributed by atoms with Gasteiger partial charge in [0.1, 0.15) is 0 Å². The predicted octanol–water partition coefficient (Wildman–Crippen LogP) is 2.28. The van der Waals surface area contributed by atoms with Crippen LogP contribution in [0, 0.1) is 13.8 Å². The molecular weight excluding hydrogens is 316 g/mol. The number of nitrogens with zero attached hydrogens (tertiary/aromatic N) is 2. The van der Waals surface area contributed by atoms with Gasteiger partial charge in [-0.2, -0.15) is 0 Å². The Morgan fingerprint density at radius 1 is 1.17 bits per heavy atom. The average molecular weight is 334 g/mol. The van der Waals surface area contributed by atoms with Gasteiger partial charge in [-0.15, -0.1) is 11.3 Å². The summed E-state index contributed by atoms with van der Waals surface area (Å²) in [7, 11) is 0. The van der Waals surface area contributed by atoms with Crippen molar-refractivity contribution in [3.8, 4) is 0 Å². The van der Waals surface area contributed by atoms with Crippen molar-refractivity contribution in [2.75, 3.05) is 6.54 Å². The number of ketones is 1. The summed E-state index contributed by atoms with van der Waals surface area (Å²) in [4.78, 5) is 52.7. The second-order valence-electron chi connectivity index (χ2n) is 6.04. The number of hydrogen-bond donors (Lipinski definition) is 0. The fraction of sp³-hybridized carbons (Fsp3) is 0.500. The maximum Gasteiger partial charge on any atom is 0.334 e. The number of carbonyl (C=O) groups excluding carboxylic acids is 4. The fourth-order valence-electron chi connectivity index (χ4n) is 3.28. The average Bonchev–Trinajstić information content (AvgIpc) is 3.17. The smallest absolute Gasteiger partial charge is 0.292 e. The largest absolute Gasteiger partial charge is 0.334 e. The van der Waals surface area contributed by atoms with Gasteiger partial charge in [0.05, 0.1) is 6.54 Å². The Morgan fingerprint density at radius 2 is 1.83 bits per heavy atom. The molecule has 1 saturated heterocycles. The van der Waals surface area contributed by atoms with Crippen LogP contribution in [0.15, 0.2) is 6.07 Å². The Morgan fingerprint density at radius 3 is 2.39 bits per heavy atom. The van der Waals surface area contributed by atoms with E-state index < -0.39 is 17.8 Å². The quantitative estimate of drug-likeness (QED) is 0.481. The van der Waals surface area contributed by atoms with Crippen molar-refractivity contribution in [2.45, 2.75) is 45.6 Å². The molecule has 0 spiro atoms. The summed E-state index contributed by atoms with van der Waals surface area (Å²) in [5.74, 6) is -2.00. The first-order valence-electron chi connectivity index (χ1n) is 7.69. The number of urea groups is 1. The summed E-state index contributed by atoms with van der Waals surface area (Å²) >= 11 is 1.49. The minimum atomic E-state index is -0.889. The first kappa shape index (κ1) is 15.9. The van der Waals surface area contributed by atoms with E-state index >= 15 is 0 Å². The molecule has 6 nitrogen and oxygen atoms in total. The molecule has 0 bridgehead atoms. The van der Waals surface area contributed by atoms with Gasteiger partial charge < -0.3 is 0 Å². The Bertz CT molecular complexity index is 703. The first-order chi connectivity index (χ1) is 10.9. The van der Waals surface area contributed by atoms with E-state index in [0.717, 1.165) is 45.2 Å². The zero-order valence-corrected chi connectivity index (χ0v) is 13.9. The minimum absolute atomic E-state index is 0.204. The van der Waals surface area contributed by atoms with Gasteiger partial charge in [-0.3, -0.25) is 19.3 Å². The molecule has 0 radical (unpaired) electrons. The van der Waals surface area contributed by atoms with Crippen LogP contribution in [-0.4, -0.2) is 46.0 Å². The van der Waals surface area contributed by atoms with E-state index in [9.17, 15) is 19.2 Å². The van der Waals surface area contributed by atoms with Gasteiger partial charge in [0.25, 0.3) is 0 Å². The second-order valence-corrected chi connectivity index (χ2v) is 7.50. The van der Waals surface area contributed by atoms with Crippen LogP contribution in [0.2, 0.25) is 0 Å². The van der Waals surface area contributed by atoms with Crippen molar-refractivity contribution < 1.29 is 19.2 Å². The lowest BCUT2D eigenvalue weighted by Crippen LogP contribution is -2.41. The predicted molar refractivity (Wildman–Crippen MR) is 84.3 cm³/mol. The molecule has 1 aromatic heterocycles. The highest BCUT2D eigenvalue weighted by atomic mass is 32.1. The van der Waals surface area contributed by atoms with Crippen molar-refractivity contribution in [3.63, 3.8) is 0 Å². The van der Waals surface area contributed by atoms with Crippen molar-refractivity contribution in [1.82, 2.24) is 9.80 Å². The third kappa shape index (κ3) is 2.69. The number of carbonyl (C=O) groups is 4. The van der Waals surface area contributed by atoms with Crippen LogP contribution >= 0.6 is 11.3 Å². The van der Waals surface area contributed by atoms with Crippen molar-refractivity contribution in [1.29, 1.82) is 0 Å². The van der Waals surface area contributed by atoms with E-state index in [2.05, 4.69) is 0 Å². The molecular formula is C16H18N2O4S. The molecule has 2 aliphatic rings. The molecule has 0 atom stereocenters. The third-order valence-corrected chi connectivity index (χ3v) is 5.38. The molecule has 23 heavy (non-hydrogen) atoms. The molecule has 122 valence electrons. The lowest BCUT2D eigenvalue weighted by atomic mass is 10.1. The number of Topliss-reactive ketones (excluding diaryl/α,β-unsaturated/α-hetero) is 1. The summed E-state index contributed by atoms with van der Waals surface area (Å²) in [6.45, 7) is 3.35. The monoisotopic (exact) mass is 334 g/mol. The highest BCUT2D eigenvalue weighted by molar-refractivity contribution is 7.12. The molecule has 7 heteroatoms. The van der Waals surface area contributed by atoms with E-state index in [-0.39, 0.29) is 18.4 Å². The Labute approximate surface area is 138 Å². The lowest BCUT2D eigenvalue weighted by molar-refractivity contribution is -0.143. The van der Waals surface area contributed by atoms with Crippen LogP contribution in [0.25, 0.3) is 0 Å². The van der Waals surface area contributed by atoms with Gasteiger partial charge in [-0.05, 0) is 32.8 Å². The molecule has 2 fully saturated rings. The summed E-state index contributed by atoms with van der Waals surface area (Å²) in [6.07, 6.45) is 3.36. The van der Waals surface area contributed by atoms with Crippen LogP contribution in [0.1, 0.15) is 45.8 Å². The van der Waals surface area contributed by atoms with Crippen LogP contribution in [0.5, 0.6) is 0 Å². The normalized spacial score (nSPS) is 19.3. The topological polar surface area (TPSA) is 74.8 Å². The Hall–Kier alpha value is -2.02. The van der Waals surface area contributed by atoms with Gasteiger partial charge in [-0.1, -0.05) is 12.8 Å². The second kappa shape index (κ2) is 5.88. The Kier molecular flexibility index (Phi) is 4.06. The number of aryl methyl sites for hydroxylation is 2. The van der Waals surface area contributed by atoms with E-state index in [1.54, 1.807) is 6.07 Å². The van der Waals surface area contributed by atoms with Crippen molar-refractivity contribution in [3.05, 3.63) is 21.4 Å². The molecule has 2 heterocycles. The van der Waals surface area contributed by atoms with Crippen LogP contribution in [-0.2, 0) is 9.59 Å². The van der Waals surface area contributed by atoms with Gasteiger partial charge >= 0.3 is 17.8 Å². The maximum atomic E-state index is 12.4. The number of hydrogen-bond acceptors (Lipinski definition) is 5. The standard InChI is InChI=1S/C16H18N2O4S/c1-9-7-12(10(2)23-9)13(19)8-17-14(20)15(21)18(16(17)22)11-5-3-4-6-11/h7,11H,3-6,8H2,1-2H3. The molecule has 4 amide bonds. The van der Waals surface area contributed by atoms with Crippen molar-refractivity contribution >= 4 is 35.0 Å². The molecule has 3 rings (SSSR count). The van der Waals surface area contributed by atoms with E-state index in [0.29, 0.717) is 5.56 Å². The Balaban J connectivity index is 1.78. The van der Waals surface area contributed by atoms with E-state index in [1.165, 1.54) is 11.3 Å². The van der Waals surface area contributed by atoms with Crippen molar-refractivity contribution in [2.24, 2.45) is 0 Å². The molecule has 1 saturated carbocycles. The first-order valence-corrected chi connectivity index (χ1v) is 8.51. The summed E-state index contributed by atoms with van der Waals surface area (Å²) in [5, 5.41) is 0. The molecule has 1 aromatic rings. The minimum Gasteiger partial charge on any atom is -0.292 e. The van der Waals surface area contributed by atoms with Gasteiger partial charge in [-0.25, -0.2) is 9.69 Å². The SMILES string of the molecule is Cc1cc(C(=O)CN2C(=O)C(=O)N(C3CCCC3)C2=O)c(C)s1. The summed E-state index contributed by atoms with van der Waals surface area (Å²) < 4.78 is 0. The number of amides is 4. The van der Waals surface area contributed by atoms with Gasteiger partial charge in [0.2, 0.25) is 0 Å². The molecule has 0 unspecified atom stereocenters. The van der Waals surface area contributed by atoms with E-state index in [4.69, 9.17) is 0 Å². The molecule has 1 aliphatic carbocycles. The van der Waals surface area contributed by atoms with Crippen LogP contribution < -0.4 is 0 Å². The summed E-state index contributed by atoms with van der Waals surface area (Å²) in [5.41, 5.74) is 0.514. The third-order valence-electron chi connectivity index (χ3n) is 4.42. The highest BCUT2D eigenvalue weighted by Gasteiger charge is 2.48. The molecule has 0 aromatic carbocycles. The van der Waals surface area contributed by atoms with E-state index in [1.807, 2.05) is 13.8 Å². The van der Waals surface area contributed by atoms with Crippen LogP contribution in [0.4, 0.5) is 4.79 Å². The zero-order valence-electron chi connectivity index (χ0n) is 13.1. The van der Waals surface area contributed by atoms with Gasteiger partial charge in [0.15, 0.2) is 5.78 Å². The maximum absolute atomic E-state index is 12.4. The number of thiophene rings is 1. The fourth-order valence-corrected chi connectivity index (χ4v) is 4.23. The van der Waals surface area contributed by atoms with Gasteiger partial charge in [0, 0.05) is 21.4 Å². The molecule has 0 N–H and O–H groups in total. The molecule has 1 aliphatic heterocycles. The highest BCUT2D eigenvalue weighted by Crippen LogP contribution is 2.28. The number of rotatable bonds is 4. The number of imide groups is 2. The zero-order chi connectivity index (χ0) is 16.7. The lowest BCUT2D eigenvalue weighted by Gasteiger charge is -2.20. The summed E-state index contributed by atoms with van der Waals surface area (Å²) in [6, 6.07) is 0.901. The van der Waals surface area contributed by atoms with Crippen LogP contribution in [0.3, 0.4) is 0 Å².